The summed E-state index contributed by atoms with van der Waals surface area (Å²) in [7, 11) is 0. The van der Waals surface area contributed by atoms with Crippen LogP contribution in [0.2, 0.25) is 0 Å². The summed E-state index contributed by atoms with van der Waals surface area (Å²) in [5, 5.41) is 8.77. The smallest absolute Gasteiger partial charge is 0.306 e. The molecule has 0 bridgehead atoms. The van der Waals surface area contributed by atoms with Gasteiger partial charge in [0.1, 0.15) is 6.10 Å². The van der Waals surface area contributed by atoms with E-state index in [-0.39, 0.29) is 18.5 Å². The van der Waals surface area contributed by atoms with Crippen LogP contribution in [0, 0.1) is 0 Å². The number of carbonyl (C=O) groups excluding carboxylic acids is 1. The number of hydrogen-bond acceptors (Lipinski definition) is 3. The van der Waals surface area contributed by atoms with Gasteiger partial charge in [-0.3, -0.25) is 9.59 Å². The zero-order valence-corrected chi connectivity index (χ0v) is 25.2. The molecular weight excluding hydrogens is 484 g/mol. The Hall–Kier alpha value is -2.36. The molecule has 0 saturated heterocycles. The second-order valence-electron chi connectivity index (χ2n) is 10.3. The molecule has 0 heterocycles. The van der Waals surface area contributed by atoms with E-state index in [9.17, 15) is 9.59 Å². The van der Waals surface area contributed by atoms with Crippen LogP contribution in [0.15, 0.2) is 60.8 Å². The van der Waals surface area contributed by atoms with Crippen LogP contribution in [-0.4, -0.2) is 23.1 Å². The molecule has 0 aliphatic rings. The Bertz CT molecular complexity index is 714. The highest BCUT2D eigenvalue weighted by Gasteiger charge is 2.11. The number of carboxylic acids is 1. The molecule has 0 aromatic rings. The third-order valence-corrected chi connectivity index (χ3v) is 6.46. The van der Waals surface area contributed by atoms with Crippen molar-refractivity contribution in [2.75, 3.05) is 0 Å². The van der Waals surface area contributed by atoms with E-state index in [1.807, 2.05) is 6.08 Å². The Morgan fingerprint density at radius 1 is 0.615 bits per heavy atom. The molecule has 0 aliphatic carbocycles. The van der Waals surface area contributed by atoms with Gasteiger partial charge in [-0.2, -0.15) is 0 Å². The number of aliphatic carboxylic acids is 1. The lowest BCUT2D eigenvalue weighted by molar-refractivity contribution is -0.147. The maximum absolute atomic E-state index is 12.5. The molecule has 4 heteroatoms. The Kier molecular flexibility index (Phi) is 28.4. The molecule has 0 rings (SSSR count). The Balaban J connectivity index is 4.10. The summed E-state index contributed by atoms with van der Waals surface area (Å²) < 4.78 is 5.80. The lowest BCUT2D eigenvalue weighted by Crippen LogP contribution is -2.16. The second kappa shape index (κ2) is 30.2. The molecule has 0 fully saturated rings. The van der Waals surface area contributed by atoms with E-state index in [0.29, 0.717) is 12.8 Å². The van der Waals surface area contributed by atoms with Crippen LogP contribution in [0.4, 0.5) is 0 Å². The molecule has 0 aromatic carbocycles. The molecule has 1 unspecified atom stereocenters. The van der Waals surface area contributed by atoms with Crippen LogP contribution in [0.25, 0.3) is 0 Å². The van der Waals surface area contributed by atoms with E-state index in [2.05, 4.69) is 68.5 Å². The minimum absolute atomic E-state index is 0.102. The summed E-state index contributed by atoms with van der Waals surface area (Å²) in [6.45, 7) is 4.35. The standard InChI is InChI=1S/C35H58O4/c1-3-5-7-9-11-12-13-14-15-16-17-18-20-22-28-32-35(38)39-33(29-25-21-19-10-8-6-4-2)30-26-23-24-27-31-34(36)37/h5,7,10-12,14-15,19,25,29,33H,3-4,6,8-9,13,16-18,20-24,26-28,30-32H2,1-2H3,(H,36,37)/b7-5-,12-11-,15-14-,19-10-,29-25-. The van der Waals surface area contributed by atoms with Crippen molar-refractivity contribution in [3.05, 3.63) is 60.8 Å². The third kappa shape index (κ3) is 30.0. The fraction of sp³-hybridized carbons (Fsp3) is 0.657. The van der Waals surface area contributed by atoms with Gasteiger partial charge in [0.05, 0.1) is 0 Å². The molecule has 0 aliphatic heterocycles. The topological polar surface area (TPSA) is 63.6 Å². The summed E-state index contributed by atoms with van der Waals surface area (Å²) in [6, 6.07) is 0. The lowest BCUT2D eigenvalue weighted by Gasteiger charge is -2.14. The fourth-order valence-corrected chi connectivity index (χ4v) is 4.13. The van der Waals surface area contributed by atoms with Gasteiger partial charge in [0, 0.05) is 12.8 Å². The third-order valence-electron chi connectivity index (χ3n) is 6.46. The van der Waals surface area contributed by atoms with Crippen LogP contribution >= 0.6 is 0 Å². The molecular formula is C35H58O4. The summed E-state index contributed by atoms with van der Waals surface area (Å²) in [5.74, 6) is -0.835. The average Bonchev–Trinajstić information content (AvgIpc) is 2.91. The van der Waals surface area contributed by atoms with Gasteiger partial charge in [0.25, 0.3) is 0 Å². The number of rotatable bonds is 27. The molecule has 0 aromatic heterocycles. The SMILES string of the molecule is CC/C=C\C/C=C\C/C=C\CCCCCCCC(=O)OC(/C=C\C/C=C\CCCC)CCCCCCC(=O)O. The van der Waals surface area contributed by atoms with Gasteiger partial charge < -0.3 is 9.84 Å². The highest BCUT2D eigenvalue weighted by atomic mass is 16.5. The quantitative estimate of drug-likeness (QED) is 0.0637. The molecule has 1 atom stereocenters. The zero-order chi connectivity index (χ0) is 28.7. The molecule has 0 saturated carbocycles. The van der Waals surface area contributed by atoms with Crippen molar-refractivity contribution >= 4 is 11.9 Å². The normalized spacial score (nSPS) is 13.1. The number of carbonyl (C=O) groups is 2. The summed E-state index contributed by atoms with van der Waals surface area (Å²) in [4.78, 5) is 23.1. The fourth-order valence-electron chi connectivity index (χ4n) is 4.13. The molecule has 0 radical (unpaired) electrons. The van der Waals surface area contributed by atoms with Crippen LogP contribution in [0.5, 0.6) is 0 Å². The summed E-state index contributed by atoms with van der Waals surface area (Å²) in [6.07, 6.45) is 41.0. The largest absolute Gasteiger partial charge is 0.481 e. The van der Waals surface area contributed by atoms with Crippen molar-refractivity contribution in [1.82, 2.24) is 0 Å². The monoisotopic (exact) mass is 542 g/mol. The highest BCUT2D eigenvalue weighted by Crippen LogP contribution is 2.14. The van der Waals surface area contributed by atoms with E-state index in [1.165, 1.54) is 25.7 Å². The van der Waals surface area contributed by atoms with Crippen molar-refractivity contribution in [1.29, 1.82) is 0 Å². The number of allylic oxidation sites excluding steroid dienone is 9. The molecule has 4 nitrogen and oxygen atoms in total. The predicted molar refractivity (Wildman–Crippen MR) is 167 cm³/mol. The van der Waals surface area contributed by atoms with Gasteiger partial charge in [0.15, 0.2) is 0 Å². The number of hydrogen-bond donors (Lipinski definition) is 1. The average molecular weight is 543 g/mol. The maximum atomic E-state index is 12.5. The lowest BCUT2D eigenvalue weighted by atomic mass is 10.1. The summed E-state index contributed by atoms with van der Waals surface area (Å²) in [5.41, 5.74) is 0. The molecule has 222 valence electrons. The van der Waals surface area contributed by atoms with Gasteiger partial charge in [-0.25, -0.2) is 0 Å². The second-order valence-corrected chi connectivity index (χ2v) is 10.3. The first kappa shape index (κ1) is 36.6. The van der Waals surface area contributed by atoms with Crippen LogP contribution in [0.1, 0.15) is 142 Å². The van der Waals surface area contributed by atoms with E-state index in [1.54, 1.807) is 0 Å². The minimum Gasteiger partial charge on any atom is -0.481 e. The number of unbranched alkanes of at least 4 members (excludes halogenated alkanes) is 10. The van der Waals surface area contributed by atoms with Gasteiger partial charge in [-0.15, -0.1) is 0 Å². The maximum Gasteiger partial charge on any atom is 0.306 e. The van der Waals surface area contributed by atoms with Crippen LogP contribution in [-0.2, 0) is 14.3 Å². The van der Waals surface area contributed by atoms with Crippen LogP contribution in [0.3, 0.4) is 0 Å². The minimum atomic E-state index is -0.733. The molecule has 39 heavy (non-hydrogen) atoms. The van der Waals surface area contributed by atoms with E-state index in [0.717, 1.165) is 83.5 Å². The van der Waals surface area contributed by atoms with Crippen molar-refractivity contribution in [3.8, 4) is 0 Å². The van der Waals surface area contributed by atoms with Gasteiger partial charge in [0.2, 0.25) is 0 Å². The van der Waals surface area contributed by atoms with Crippen molar-refractivity contribution in [3.63, 3.8) is 0 Å². The van der Waals surface area contributed by atoms with Crippen molar-refractivity contribution in [2.45, 2.75) is 148 Å². The number of ether oxygens (including phenoxy) is 1. The predicted octanol–water partition coefficient (Wildman–Crippen LogP) is 10.6. The van der Waals surface area contributed by atoms with E-state index < -0.39 is 5.97 Å². The first-order valence-electron chi connectivity index (χ1n) is 15.8. The first-order valence-corrected chi connectivity index (χ1v) is 15.8. The molecule has 0 spiro atoms. The van der Waals surface area contributed by atoms with Crippen molar-refractivity contribution in [2.24, 2.45) is 0 Å². The summed E-state index contributed by atoms with van der Waals surface area (Å²) >= 11 is 0. The van der Waals surface area contributed by atoms with Crippen molar-refractivity contribution < 1.29 is 19.4 Å². The molecule has 1 N–H and O–H groups in total. The number of esters is 1. The zero-order valence-electron chi connectivity index (χ0n) is 25.2. The Morgan fingerprint density at radius 3 is 1.82 bits per heavy atom. The molecule has 0 amide bonds. The first-order chi connectivity index (χ1) is 19.1. The van der Waals surface area contributed by atoms with Gasteiger partial charge in [-0.1, -0.05) is 113 Å². The Morgan fingerprint density at radius 2 is 1.15 bits per heavy atom. The van der Waals surface area contributed by atoms with E-state index >= 15 is 0 Å². The van der Waals surface area contributed by atoms with Crippen LogP contribution < -0.4 is 0 Å². The highest BCUT2D eigenvalue weighted by molar-refractivity contribution is 5.69. The Labute approximate surface area is 240 Å². The number of carboxylic acid groups (broad SMARTS) is 1. The van der Waals surface area contributed by atoms with Gasteiger partial charge in [-0.05, 0) is 76.7 Å². The van der Waals surface area contributed by atoms with Gasteiger partial charge >= 0.3 is 11.9 Å². The van der Waals surface area contributed by atoms with E-state index in [4.69, 9.17) is 9.84 Å².